The van der Waals surface area contributed by atoms with Crippen molar-refractivity contribution in [1.29, 1.82) is 0 Å². The van der Waals surface area contributed by atoms with Crippen LogP contribution in [0.4, 0.5) is 26.3 Å². The molecule has 0 aromatic heterocycles. The number of benzene rings is 1. The van der Waals surface area contributed by atoms with E-state index in [-0.39, 0.29) is 31.0 Å². The van der Waals surface area contributed by atoms with Gasteiger partial charge in [-0.3, -0.25) is 9.59 Å². The van der Waals surface area contributed by atoms with Gasteiger partial charge in [0.25, 0.3) is 5.91 Å². The molecule has 1 aromatic rings. The van der Waals surface area contributed by atoms with E-state index in [1.54, 1.807) is 4.90 Å². The molecule has 0 aliphatic carbocycles. The Morgan fingerprint density at radius 1 is 1.00 bits per heavy atom. The van der Waals surface area contributed by atoms with E-state index in [0.29, 0.717) is 38.1 Å². The van der Waals surface area contributed by atoms with Crippen LogP contribution >= 0.6 is 0 Å². The molecule has 1 aromatic carbocycles. The van der Waals surface area contributed by atoms with Crippen molar-refractivity contribution in [3.63, 3.8) is 0 Å². The van der Waals surface area contributed by atoms with Crippen LogP contribution in [0.25, 0.3) is 0 Å². The number of carbonyl (C=O) groups excluding carboxylic acids is 2. The maximum atomic E-state index is 13.0. The zero-order chi connectivity index (χ0) is 25.5. The first-order valence-corrected chi connectivity index (χ1v) is 11.0. The van der Waals surface area contributed by atoms with Crippen molar-refractivity contribution in [1.82, 2.24) is 20.4 Å². The predicted molar refractivity (Wildman–Crippen MR) is 114 cm³/mol. The lowest BCUT2D eigenvalue weighted by Gasteiger charge is -2.32. The topological polar surface area (TPSA) is 64.7 Å². The summed E-state index contributed by atoms with van der Waals surface area (Å²) in [6, 6.07) is 0.815. The molecule has 0 radical (unpaired) electrons. The Bertz CT molecular complexity index is 801. The van der Waals surface area contributed by atoms with Crippen LogP contribution in [0, 0.1) is 5.92 Å². The minimum atomic E-state index is -5.02. The number of nitrogens with one attached hydrogen (secondary N) is 2. The summed E-state index contributed by atoms with van der Waals surface area (Å²) in [6.07, 6.45) is -7.97. The van der Waals surface area contributed by atoms with Crippen LogP contribution in [-0.2, 0) is 17.1 Å². The van der Waals surface area contributed by atoms with Gasteiger partial charge in [-0.1, -0.05) is 0 Å². The number of amides is 2. The summed E-state index contributed by atoms with van der Waals surface area (Å²) in [4.78, 5) is 28.3. The molecule has 6 nitrogen and oxygen atoms in total. The minimum Gasteiger partial charge on any atom is -0.352 e. The Morgan fingerprint density at radius 2 is 1.56 bits per heavy atom. The third-order valence-electron chi connectivity index (χ3n) is 5.60. The van der Waals surface area contributed by atoms with Gasteiger partial charge >= 0.3 is 12.4 Å². The number of halogens is 6. The molecule has 1 aliphatic rings. The number of carbonyl (C=O) groups is 2. The number of piperidine rings is 1. The standard InChI is InChI=1S/C22H30F6N4O2/c1-31(2)7-3-6-29-14-19(33)32-8-4-15(5-9-32)13-30-20(34)16-10-17(21(23,24)25)12-18(11-16)22(26,27)28/h10-12,15,29H,3-9,13-14H2,1-2H3,(H,30,34). The number of alkyl halides is 6. The number of nitrogens with zero attached hydrogens (tertiary/aromatic N) is 2. The third-order valence-corrected chi connectivity index (χ3v) is 5.60. The molecule has 0 bridgehead atoms. The average Bonchev–Trinajstić information content (AvgIpc) is 2.75. The van der Waals surface area contributed by atoms with Crippen molar-refractivity contribution in [2.24, 2.45) is 5.92 Å². The van der Waals surface area contributed by atoms with Gasteiger partial charge < -0.3 is 20.4 Å². The van der Waals surface area contributed by atoms with Crippen molar-refractivity contribution >= 4 is 11.8 Å². The van der Waals surface area contributed by atoms with Gasteiger partial charge in [-0.15, -0.1) is 0 Å². The molecule has 34 heavy (non-hydrogen) atoms. The molecular formula is C22H30F6N4O2. The fourth-order valence-electron chi connectivity index (χ4n) is 3.64. The van der Waals surface area contributed by atoms with Gasteiger partial charge in [-0.2, -0.15) is 26.3 Å². The summed E-state index contributed by atoms with van der Waals surface area (Å²) in [5.74, 6) is -1.07. The lowest BCUT2D eigenvalue weighted by atomic mass is 9.96. The van der Waals surface area contributed by atoms with E-state index < -0.39 is 35.0 Å². The fourth-order valence-corrected chi connectivity index (χ4v) is 3.64. The lowest BCUT2D eigenvalue weighted by Crippen LogP contribution is -2.45. The first kappa shape index (κ1) is 27.9. The van der Waals surface area contributed by atoms with Crippen LogP contribution in [0.5, 0.6) is 0 Å². The van der Waals surface area contributed by atoms with Crippen molar-refractivity contribution in [2.75, 3.05) is 53.4 Å². The Balaban J connectivity index is 1.84. The molecule has 1 saturated heterocycles. The van der Waals surface area contributed by atoms with Gasteiger partial charge in [-0.05, 0) is 70.6 Å². The Labute approximate surface area is 194 Å². The van der Waals surface area contributed by atoms with E-state index in [1.807, 2.05) is 14.1 Å². The van der Waals surface area contributed by atoms with E-state index in [4.69, 9.17) is 0 Å². The maximum absolute atomic E-state index is 13.0. The first-order chi connectivity index (χ1) is 15.8. The van der Waals surface area contributed by atoms with Crippen LogP contribution in [0.1, 0.15) is 40.7 Å². The Morgan fingerprint density at radius 3 is 2.06 bits per heavy atom. The van der Waals surface area contributed by atoms with Crippen LogP contribution in [0.3, 0.4) is 0 Å². The van der Waals surface area contributed by atoms with Gasteiger partial charge in [0.2, 0.25) is 5.91 Å². The van der Waals surface area contributed by atoms with Gasteiger partial charge in [0.1, 0.15) is 0 Å². The third kappa shape index (κ3) is 8.79. The van der Waals surface area contributed by atoms with E-state index >= 15 is 0 Å². The first-order valence-electron chi connectivity index (χ1n) is 11.0. The normalized spacial score (nSPS) is 15.6. The summed E-state index contributed by atoms with van der Waals surface area (Å²) >= 11 is 0. The van der Waals surface area contributed by atoms with E-state index in [1.165, 1.54) is 0 Å². The summed E-state index contributed by atoms with van der Waals surface area (Å²) in [7, 11) is 3.94. The van der Waals surface area contributed by atoms with Crippen molar-refractivity contribution in [3.05, 3.63) is 34.9 Å². The molecule has 12 heteroatoms. The van der Waals surface area contributed by atoms with E-state index in [9.17, 15) is 35.9 Å². The second kappa shape index (κ2) is 11.9. The van der Waals surface area contributed by atoms with E-state index in [0.717, 1.165) is 19.5 Å². The molecule has 2 rings (SSSR count). The summed E-state index contributed by atoms with van der Waals surface area (Å²) in [5.41, 5.74) is -3.76. The zero-order valence-electron chi connectivity index (χ0n) is 19.2. The highest BCUT2D eigenvalue weighted by Gasteiger charge is 2.37. The molecule has 0 saturated carbocycles. The lowest BCUT2D eigenvalue weighted by molar-refractivity contribution is -0.143. The van der Waals surface area contributed by atoms with Crippen molar-refractivity contribution in [3.8, 4) is 0 Å². The largest absolute Gasteiger partial charge is 0.416 e. The highest BCUT2D eigenvalue weighted by Crippen LogP contribution is 2.36. The molecule has 1 aliphatic heterocycles. The summed E-state index contributed by atoms with van der Waals surface area (Å²) in [6.45, 7) is 2.91. The Hall–Kier alpha value is -2.34. The highest BCUT2D eigenvalue weighted by atomic mass is 19.4. The van der Waals surface area contributed by atoms with Crippen LogP contribution in [0.15, 0.2) is 18.2 Å². The molecule has 192 valence electrons. The molecule has 2 N–H and O–H groups in total. The smallest absolute Gasteiger partial charge is 0.352 e. The van der Waals surface area contributed by atoms with Gasteiger partial charge in [0, 0.05) is 25.2 Å². The molecule has 1 heterocycles. The SMILES string of the molecule is CN(C)CCCNCC(=O)N1CCC(CNC(=O)c2cc(C(F)(F)F)cc(C(F)(F)F)c2)CC1. The number of hydrogen-bond donors (Lipinski definition) is 2. The monoisotopic (exact) mass is 496 g/mol. The highest BCUT2D eigenvalue weighted by molar-refractivity contribution is 5.94. The zero-order valence-corrected chi connectivity index (χ0v) is 19.2. The van der Waals surface area contributed by atoms with Gasteiger partial charge in [0.15, 0.2) is 0 Å². The molecule has 0 atom stereocenters. The summed E-state index contributed by atoms with van der Waals surface area (Å²) < 4.78 is 77.9. The average molecular weight is 496 g/mol. The Kier molecular flexibility index (Phi) is 9.74. The van der Waals surface area contributed by atoms with Crippen molar-refractivity contribution < 1.29 is 35.9 Å². The molecule has 2 amide bonds. The molecular weight excluding hydrogens is 466 g/mol. The van der Waals surface area contributed by atoms with Gasteiger partial charge in [-0.25, -0.2) is 0 Å². The van der Waals surface area contributed by atoms with Crippen LogP contribution < -0.4 is 10.6 Å². The quantitative estimate of drug-likeness (QED) is 0.407. The molecule has 0 unspecified atom stereocenters. The second-order valence-corrected chi connectivity index (χ2v) is 8.66. The molecule has 0 spiro atoms. The van der Waals surface area contributed by atoms with Gasteiger partial charge in [0.05, 0.1) is 17.7 Å². The number of rotatable bonds is 9. The molecule has 1 fully saturated rings. The van der Waals surface area contributed by atoms with Crippen molar-refractivity contribution in [2.45, 2.75) is 31.6 Å². The predicted octanol–water partition coefficient (Wildman–Crippen LogP) is 3.23. The minimum absolute atomic E-state index is 0.0133. The number of hydrogen-bond acceptors (Lipinski definition) is 4. The second-order valence-electron chi connectivity index (χ2n) is 8.66. The maximum Gasteiger partial charge on any atom is 0.416 e. The summed E-state index contributed by atoms with van der Waals surface area (Å²) in [5, 5.41) is 5.54. The van der Waals surface area contributed by atoms with Crippen LogP contribution in [-0.4, -0.2) is 75.0 Å². The fraction of sp³-hybridized carbons (Fsp3) is 0.636. The number of likely N-dealkylation sites (tertiary alicyclic amines) is 1. The van der Waals surface area contributed by atoms with E-state index in [2.05, 4.69) is 15.5 Å². The van der Waals surface area contributed by atoms with Crippen LogP contribution in [0.2, 0.25) is 0 Å².